The minimum atomic E-state index is -1.00. The van der Waals surface area contributed by atoms with Crippen LogP contribution in [0.3, 0.4) is 0 Å². The fourth-order valence-electron chi connectivity index (χ4n) is 1.08. The Hall–Kier alpha value is -0.610. The van der Waals surface area contributed by atoms with Gasteiger partial charge in [-0.05, 0) is 6.42 Å². The van der Waals surface area contributed by atoms with Crippen molar-refractivity contribution in [3.63, 3.8) is 0 Å². The summed E-state index contributed by atoms with van der Waals surface area (Å²) in [7, 11) is 0. The van der Waals surface area contributed by atoms with Crippen molar-refractivity contribution in [1.29, 1.82) is 0 Å². The molecule has 1 saturated heterocycles. The Balaban J connectivity index is 2.09. The van der Waals surface area contributed by atoms with Crippen LogP contribution >= 0.6 is 0 Å². The molecule has 1 rings (SSSR count). The Kier molecular flexibility index (Phi) is 3.32. The zero-order valence-corrected chi connectivity index (χ0v) is 6.34. The molecular weight excluding hydrogens is 146 g/mol. The molecule has 1 aliphatic rings. The predicted molar refractivity (Wildman–Crippen MR) is 37.5 cm³/mol. The van der Waals surface area contributed by atoms with Gasteiger partial charge in [0.15, 0.2) is 0 Å². The molecule has 1 radical (unpaired) electrons. The van der Waals surface area contributed by atoms with E-state index in [1.807, 2.05) is 0 Å². The summed E-state index contributed by atoms with van der Waals surface area (Å²) < 4.78 is 5.27. The SMILES string of the molecule is [O]C(=O)CCC1CNCCO1. The van der Waals surface area contributed by atoms with Gasteiger partial charge < -0.3 is 10.1 Å². The lowest BCUT2D eigenvalue weighted by Crippen LogP contribution is -2.38. The third kappa shape index (κ3) is 3.34. The molecule has 63 valence electrons. The lowest BCUT2D eigenvalue weighted by atomic mass is 10.2. The number of carbonyl (C=O) groups is 1. The Bertz CT molecular complexity index is 132. The van der Waals surface area contributed by atoms with Gasteiger partial charge in [-0.15, -0.1) is 0 Å². The van der Waals surface area contributed by atoms with Crippen LogP contribution in [0, 0.1) is 0 Å². The van der Waals surface area contributed by atoms with Gasteiger partial charge in [0.05, 0.1) is 19.1 Å². The number of morpholine rings is 1. The zero-order valence-electron chi connectivity index (χ0n) is 6.34. The van der Waals surface area contributed by atoms with E-state index in [1.165, 1.54) is 0 Å². The van der Waals surface area contributed by atoms with Crippen molar-refractivity contribution in [2.75, 3.05) is 19.7 Å². The first-order chi connectivity index (χ1) is 5.29. The molecule has 0 spiro atoms. The van der Waals surface area contributed by atoms with E-state index in [0.29, 0.717) is 13.0 Å². The number of carbonyl (C=O) groups excluding carboxylic acids is 1. The molecular formula is C7H12NO3. The van der Waals surface area contributed by atoms with E-state index in [9.17, 15) is 9.90 Å². The van der Waals surface area contributed by atoms with Crippen molar-refractivity contribution in [3.05, 3.63) is 0 Å². The van der Waals surface area contributed by atoms with Crippen molar-refractivity contribution in [3.8, 4) is 0 Å². The topological polar surface area (TPSA) is 58.2 Å². The molecule has 11 heavy (non-hydrogen) atoms. The first-order valence-electron chi connectivity index (χ1n) is 3.81. The zero-order chi connectivity index (χ0) is 8.10. The second-order valence-electron chi connectivity index (χ2n) is 2.61. The summed E-state index contributed by atoms with van der Waals surface area (Å²) in [5.41, 5.74) is 0. The minimum Gasteiger partial charge on any atom is -0.376 e. The highest BCUT2D eigenvalue weighted by Gasteiger charge is 2.14. The van der Waals surface area contributed by atoms with E-state index in [1.54, 1.807) is 0 Å². The lowest BCUT2D eigenvalue weighted by molar-refractivity contribution is -0.144. The Morgan fingerprint density at radius 2 is 2.45 bits per heavy atom. The van der Waals surface area contributed by atoms with Gasteiger partial charge in [-0.1, -0.05) is 0 Å². The van der Waals surface area contributed by atoms with Crippen LogP contribution in [0.15, 0.2) is 0 Å². The fraction of sp³-hybridized carbons (Fsp3) is 0.857. The average molecular weight is 158 g/mol. The molecule has 1 N–H and O–H groups in total. The van der Waals surface area contributed by atoms with Crippen LogP contribution in [-0.4, -0.2) is 31.8 Å². The van der Waals surface area contributed by atoms with Crippen molar-refractivity contribution in [1.82, 2.24) is 5.32 Å². The number of hydrogen-bond donors (Lipinski definition) is 1. The maximum Gasteiger partial charge on any atom is 0.355 e. The molecule has 1 atom stereocenters. The van der Waals surface area contributed by atoms with Gasteiger partial charge in [-0.2, -0.15) is 0 Å². The molecule has 0 aromatic rings. The number of ether oxygens (including phenoxy) is 1. The van der Waals surface area contributed by atoms with Crippen LogP contribution in [0.1, 0.15) is 12.8 Å². The monoisotopic (exact) mass is 158 g/mol. The normalized spacial score (nSPS) is 24.9. The summed E-state index contributed by atoms with van der Waals surface area (Å²) in [5, 5.41) is 13.2. The van der Waals surface area contributed by atoms with Gasteiger partial charge in [-0.25, -0.2) is 9.90 Å². The first-order valence-corrected chi connectivity index (χ1v) is 3.81. The summed E-state index contributed by atoms with van der Waals surface area (Å²) in [5.74, 6) is -1.00. The van der Waals surface area contributed by atoms with E-state index in [0.717, 1.165) is 13.1 Å². The highest BCUT2D eigenvalue weighted by molar-refractivity contribution is 5.66. The molecule has 1 aliphatic heterocycles. The molecule has 0 bridgehead atoms. The maximum absolute atomic E-state index is 10.1. The third-order valence-electron chi connectivity index (χ3n) is 1.67. The van der Waals surface area contributed by atoms with Crippen LogP contribution in [0.5, 0.6) is 0 Å². The molecule has 4 nitrogen and oxygen atoms in total. The predicted octanol–water partition coefficient (Wildman–Crippen LogP) is -0.288. The average Bonchev–Trinajstić information content (AvgIpc) is 2.03. The summed E-state index contributed by atoms with van der Waals surface area (Å²) >= 11 is 0. The summed E-state index contributed by atoms with van der Waals surface area (Å²) in [6.45, 7) is 2.30. The third-order valence-corrected chi connectivity index (χ3v) is 1.67. The van der Waals surface area contributed by atoms with Gasteiger partial charge in [-0.3, -0.25) is 0 Å². The highest BCUT2D eigenvalue weighted by Crippen LogP contribution is 2.03. The van der Waals surface area contributed by atoms with Gasteiger partial charge in [0.25, 0.3) is 0 Å². The molecule has 0 amide bonds. The van der Waals surface area contributed by atoms with Crippen LogP contribution in [0.25, 0.3) is 0 Å². The molecule has 1 fully saturated rings. The van der Waals surface area contributed by atoms with Crippen molar-refractivity contribution in [2.24, 2.45) is 0 Å². The Morgan fingerprint density at radius 1 is 1.64 bits per heavy atom. The van der Waals surface area contributed by atoms with Gasteiger partial charge >= 0.3 is 5.97 Å². The van der Waals surface area contributed by atoms with E-state index in [4.69, 9.17) is 4.74 Å². The van der Waals surface area contributed by atoms with Crippen LogP contribution in [0.4, 0.5) is 0 Å². The number of hydrogen-bond acceptors (Lipinski definition) is 3. The van der Waals surface area contributed by atoms with Crippen molar-refractivity contribution >= 4 is 5.97 Å². The van der Waals surface area contributed by atoms with Crippen molar-refractivity contribution in [2.45, 2.75) is 18.9 Å². The quantitative estimate of drug-likeness (QED) is 0.614. The number of rotatable bonds is 3. The van der Waals surface area contributed by atoms with E-state index in [2.05, 4.69) is 5.32 Å². The summed E-state index contributed by atoms with van der Waals surface area (Å²) in [6.07, 6.45) is 0.698. The highest BCUT2D eigenvalue weighted by atomic mass is 16.5. The molecule has 0 aromatic carbocycles. The van der Waals surface area contributed by atoms with Crippen molar-refractivity contribution < 1.29 is 14.6 Å². The Labute approximate surface area is 65.5 Å². The summed E-state index contributed by atoms with van der Waals surface area (Å²) in [4.78, 5) is 10.1. The molecule has 0 aliphatic carbocycles. The molecule has 1 unspecified atom stereocenters. The summed E-state index contributed by atoms with van der Waals surface area (Å²) in [6, 6.07) is 0. The maximum atomic E-state index is 10.1. The second kappa shape index (κ2) is 4.31. The van der Waals surface area contributed by atoms with E-state index < -0.39 is 5.97 Å². The number of nitrogens with one attached hydrogen (secondary N) is 1. The smallest absolute Gasteiger partial charge is 0.355 e. The molecule has 0 aromatic heterocycles. The van der Waals surface area contributed by atoms with Crippen LogP contribution in [0.2, 0.25) is 0 Å². The van der Waals surface area contributed by atoms with E-state index >= 15 is 0 Å². The van der Waals surface area contributed by atoms with Crippen LogP contribution in [-0.2, 0) is 14.6 Å². The standard InChI is InChI=1S/C7H12NO3/c9-7(10)2-1-6-5-8-3-4-11-6/h6,8H,1-5H2. The van der Waals surface area contributed by atoms with E-state index in [-0.39, 0.29) is 12.5 Å². The van der Waals surface area contributed by atoms with Gasteiger partial charge in [0.2, 0.25) is 0 Å². The van der Waals surface area contributed by atoms with Gasteiger partial charge in [0, 0.05) is 13.1 Å². The lowest BCUT2D eigenvalue weighted by Gasteiger charge is -2.22. The Morgan fingerprint density at radius 3 is 3.00 bits per heavy atom. The van der Waals surface area contributed by atoms with Crippen LogP contribution < -0.4 is 5.32 Å². The molecule has 0 saturated carbocycles. The first kappa shape index (κ1) is 8.49. The fourth-order valence-corrected chi connectivity index (χ4v) is 1.08. The van der Waals surface area contributed by atoms with Gasteiger partial charge in [0.1, 0.15) is 0 Å². The molecule has 1 heterocycles. The largest absolute Gasteiger partial charge is 0.376 e. The second-order valence-corrected chi connectivity index (χ2v) is 2.61. The molecule has 4 heteroatoms. The minimum absolute atomic E-state index is 0.0571.